The van der Waals surface area contributed by atoms with Crippen LogP contribution in [-0.2, 0) is 0 Å². The van der Waals surface area contributed by atoms with Crippen LogP contribution in [0.25, 0.3) is 0 Å². The Morgan fingerprint density at radius 1 is 1.36 bits per heavy atom. The van der Waals surface area contributed by atoms with E-state index in [2.05, 4.69) is 9.88 Å². The van der Waals surface area contributed by atoms with Crippen LogP contribution in [0.4, 0.5) is 0 Å². The third-order valence-electron chi connectivity index (χ3n) is 5.21. The minimum Gasteiger partial charge on any atom is -0.389 e. The molecule has 1 saturated carbocycles. The van der Waals surface area contributed by atoms with E-state index in [0.29, 0.717) is 5.56 Å². The predicted octanol–water partition coefficient (Wildman–Crippen LogP) is 1.45. The molecule has 5 heteroatoms. The summed E-state index contributed by atoms with van der Waals surface area (Å²) in [4.78, 5) is 21.0. The van der Waals surface area contributed by atoms with E-state index in [1.54, 1.807) is 30.3 Å². The van der Waals surface area contributed by atoms with Crippen molar-refractivity contribution in [2.24, 2.45) is 0 Å². The number of aliphatic hydroxyl groups excluding tert-OH is 1. The minimum absolute atomic E-state index is 0.0447. The molecule has 2 aliphatic rings. The molecule has 1 aliphatic heterocycles. The summed E-state index contributed by atoms with van der Waals surface area (Å²) in [5.41, 5.74) is 1.37. The molecule has 0 spiro atoms. The van der Waals surface area contributed by atoms with Crippen molar-refractivity contribution in [1.29, 1.82) is 0 Å². The molecule has 1 saturated heterocycles. The number of carbonyl (C=O) groups is 1. The number of nitrogens with zero attached hydrogens (tertiary/aromatic N) is 3. The molecule has 1 aliphatic carbocycles. The number of rotatable bonds is 3. The Kier molecular flexibility index (Phi) is 4.45. The quantitative estimate of drug-likeness (QED) is 0.918. The molecular weight excluding hydrogens is 278 g/mol. The van der Waals surface area contributed by atoms with Crippen molar-refractivity contribution >= 4 is 5.91 Å². The summed E-state index contributed by atoms with van der Waals surface area (Å²) in [5, 5.41) is 10.7. The number of hydrogen-bond acceptors (Lipinski definition) is 4. The molecule has 0 aromatic carbocycles. The lowest BCUT2D eigenvalue weighted by Crippen LogP contribution is -2.48. The Labute approximate surface area is 131 Å². The van der Waals surface area contributed by atoms with E-state index in [1.165, 1.54) is 12.8 Å². The molecule has 0 radical (unpaired) electrons. The third-order valence-corrected chi connectivity index (χ3v) is 5.21. The van der Waals surface area contributed by atoms with Gasteiger partial charge in [0.05, 0.1) is 17.7 Å². The normalized spacial score (nSPS) is 29.0. The number of amides is 1. The van der Waals surface area contributed by atoms with E-state index < -0.39 is 6.10 Å². The lowest BCUT2D eigenvalue weighted by molar-refractivity contribution is 0.0295. The van der Waals surface area contributed by atoms with Crippen LogP contribution < -0.4 is 0 Å². The minimum atomic E-state index is -0.455. The van der Waals surface area contributed by atoms with Crippen molar-refractivity contribution in [1.82, 2.24) is 14.8 Å². The third kappa shape index (κ3) is 2.75. The molecule has 1 amide bonds. The van der Waals surface area contributed by atoms with E-state index in [9.17, 15) is 9.90 Å². The average molecular weight is 303 g/mol. The zero-order valence-electron chi connectivity index (χ0n) is 13.4. The lowest BCUT2D eigenvalue weighted by atomic mass is 10.1. The topological polar surface area (TPSA) is 56.7 Å². The van der Waals surface area contributed by atoms with Crippen LogP contribution in [-0.4, -0.2) is 64.1 Å². The molecular formula is C17H25N3O2. The zero-order chi connectivity index (χ0) is 15.7. The molecule has 5 nitrogen and oxygen atoms in total. The summed E-state index contributed by atoms with van der Waals surface area (Å²) in [7, 11) is 1.80. The highest BCUT2D eigenvalue weighted by Gasteiger charge is 2.42. The highest BCUT2D eigenvalue weighted by molar-refractivity contribution is 5.95. The van der Waals surface area contributed by atoms with Gasteiger partial charge in [0, 0.05) is 25.0 Å². The second-order valence-corrected chi connectivity index (χ2v) is 6.50. The SMILES string of the molecule is Cc1ncccc1C(=O)N(C)[C@@H]1CC[C@@H](N2CCCC2)[C@@H]1O. The molecule has 0 bridgehead atoms. The molecule has 2 fully saturated rings. The number of hydrogen-bond donors (Lipinski definition) is 1. The number of aliphatic hydroxyl groups is 1. The van der Waals surface area contributed by atoms with Gasteiger partial charge in [-0.1, -0.05) is 0 Å². The summed E-state index contributed by atoms with van der Waals surface area (Å²) in [6.07, 6.45) is 5.51. The summed E-state index contributed by atoms with van der Waals surface area (Å²) in [6.45, 7) is 4.00. The highest BCUT2D eigenvalue weighted by Crippen LogP contribution is 2.30. The molecule has 22 heavy (non-hydrogen) atoms. The Morgan fingerprint density at radius 2 is 2.09 bits per heavy atom. The fourth-order valence-electron chi connectivity index (χ4n) is 3.88. The van der Waals surface area contributed by atoms with Crippen molar-refractivity contribution < 1.29 is 9.90 Å². The first-order chi connectivity index (χ1) is 10.6. The van der Waals surface area contributed by atoms with Gasteiger partial charge in [0.15, 0.2) is 0 Å². The summed E-state index contributed by atoms with van der Waals surface area (Å²) < 4.78 is 0. The standard InChI is InChI=1S/C17H25N3O2/c1-12-13(6-5-9-18-12)17(22)19(2)14-7-8-15(16(14)21)20-10-3-4-11-20/h5-6,9,14-16,21H,3-4,7-8,10-11H2,1-2H3/t14-,15-,16-/m1/s1. The van der Waals surface area contributed by atoms with Gasteiger partial charge in [-0.25, -0.2) is 0 Å². The van der Waals surface area contributed by atoms with Crippen LogP contribution in [0.3, 0.4) is 0 Å². The Morgan fingerprint density at radius 3 is 2.77 bits per heavy atom. The van der Waals surface area contributed by atoms with Crippen molar-refractivity contribution in [3.05, 3.63) is 29.6 Å². The Hall–Kier alpha value is -1.46. The van der Waals surface area contributed by atoms with Crippen LogP contribution in [0.5, 0.6) is 0 Å². The van der Waals surface area contributed by atoms with Gasteiger partial charge in [-0.15, -0.1) is 0 Å². The number of likely N-dealkylation sites (tertiary alicyclic amines) is 1. The van der Waals surface area contributed by atoms with Crippen LogP contribution in [0.2, 0.25) is 0 Å². The fraction of sp³-hybridized carbons (Fsp3) is 0.647. The van der Waals surface area contributed by atoms with Gasteiger partial charge in [0.25, 0.3) is 5.91 Å². The van der Waals surface area contributed by atoms with Crippen LogP contribution in [0.15, 0.2) is 18.3 Å². The van der Waals surface area contributed by atoms with Gasteiger partial charge in [0.2, 0.25) is 0 Å². The number of likely N-dealkylation sites (N-methyl/N-ethyl adjacent to an activating group) is 1. The van der Waals surface area contributed by atoms with Gasteiger partial charge >= 0.3 is 0 Å². The molecule has 1 aromatic heterocycles. The van der Waals surface area contributed by atoms with Gasteiger partial charge in [-0.3, -0.25) is 14.7 Å². The maximum atomic E-state index is 12.7. The van der Waals surface area contributed by atoms with Crippen LogP contribution >= 0.6 is 0 Å². The number of aromatic nitrogens is 1. The van der Waals surface area contributed by atoms with Crippen LogP contribution in [0, 0.1) is 6.92 Å². The Balaban J connectivity index is 1.71. The highest BCUT2D eigenvalue weighted by atomic mass is 16.3. The summed E-state index contributed by atoms with van der Waals surface area (Å²) in [6, 6.07) is 3.70. The van der Waals surface area contributed by atoms with E-state index in [-0.39, 0.29) is 18.0 Å². The number of aryl methyl sites for hydroxylation is 1. The largest absolute Gasteiger partial charge is 0.389 e. The van der Waals surface area contributed by atoms with Crippen molar-refractivity contribution in [3.8, 4) is 0 Å². The maximum Gasteiger partial charge on any atom is 0.255 e. The smallest absolute Gasteiger partial charge is 0.255 e. The zero-order valence-corrected chi connectivity index (χ0v) is 13.4. The summed E-state index contributed by atoms with van der Waals surface area (Å²) in [5.74, 6) is -0.0447. The first-order valence-electron chi connectivity index (χ1n) is 8.20. The predicted molar refractivity (Wildman–Crippen MR) is 84.7 cm³/mol. The number of carbonyl (C=O) groups excluding carboxylic acids is 1. The molecule has 1 aromatic rings. The maximum absolute atomic E-state index is 12.7. The van der Waals surface area contributed by atoms with Crippen molar-refractivity contribution in [2.75, 3.05) is 20.1 Å². The fourth-order valence-corrected chi connectivity index (χ4v) is 3.88. The van der Waals surface area contributed by atoms with Gasteiger partial charge in [0.1, 0.15) is 0 Å². The van der Waals surface area contributed by atoms with Crippen LogP contribution in [0.1, 0.15) is 41.7 Å². The van der Waals surface area contributed by atoms with Crippen molar-refractivity contribution in [2.45, 2.75) is 50.8 Å². The average Bonchev–Trinajstić information content (AvgIpc) is 3.15. The van der Waals surface area contributed by atoms with Gasteiger partial charge in [-0.05, 0) is 57.8 Å². The first-order valence-corrected chi connectivity index (χ1v) is 8.20. The molecule has 2 heterocycles. The summed E-state index contributed by atoms with van der Waals surface area (Å²) >= 11 is 0. The number of pyridine rings is 1. The van der Waals surface area contributed by atoms with Gasteiger partial charge < -0.3 is 10.0 Å². The molecule has 3 atom stereocenters. The second kappa shape index (κ2) is 6.34. The molecule has 1 N–H and O–H groups in total. The van der Waals surface area contributed by atoms with Crippen molar-refractivity contribution in [3.63, 3.8) is 0 Å². The first kappa shape index (κ1) is 15.4. The molecule has 0 unspecified atom stereocenters. The van der Waals surface area contributed by atoms with E-state index in [1.807, 2.05) is 6.92 Å². The molecule has 3 rings (SSSR count). The molecule has 120 valence electrons. The Bertz CT molecular complexity index is 542. The second-order valence-electron chi connectivity index (χ2n) is 6.50. The van der Waals surface area contributed by atoms with Gasteiger partial charge in [-0.2, -0.15) is 0 Å². The monoisotopic (exact) mass is 303 g/mol. The van der Waals surface area contributed by atoms with E-state index in [0.717, 1.165) is 31.6 Å². The van der Waals surface area contributed by atoms with E-state index in [4.69, 9.17) is 0 Å². The lowest BCUT2D eigenvalue weighted by Gasteiger charge is -2.32. The van der Waals surface area contributed by atoms with E-state index >= 15 is 0 Å².